The average molecular weight is 272 g/mol. The lowest BCUT2D eigenvalue weighted by Gasteiger charge is -2.22. The van der Waals surface area contributed by atoms with E-state index in [0.717, 1.165) is 6.07 Å². The predicted octanol–water partition coefficient (Wildman–Crippen LogP) is 1.36. The number of likely N-dealkylation sites (N-methyl/N-ethyl adjacent to an activating group) is 2. The molecule has 0 saturated carbocycles. The van der Waals surface area contributed by atoms with Gasteiger partial charge in [0.2, 0.25) is 5.91 Å². The summed E-state index contributed by atoms with van der Waals surface area (Å²) in [5.74, 6) is -1.88. The van der Waals surface area contributed by atoms with E-state index in [-0.39, 0.29) is 24.1 Å². The maximum Gasteiger partial charge on any atom is 0.239 e. The third-order valence-electron chi connectivity index (χ3n) is 2.54. The summed E-state index contributed by atoms with van der Waals surface area (Å²) >= 11 is 0. The fourth-order valence-corrected chi connectivity index (χ4v) is 1.62. The smallest absolute Gasteiger partial charge is 0.239 e. The predicted molar refractivity (Wildman–Crippen MR) is 70.3 cm³/mol. The molecule has 1 amide bonds. The van der Waals surface area contributed by atoms with Crippen LogP contribution in [0.2, 0.25) is 0 Å². The molecule has 2 N–H and O–H groups in total. The number of nitrogens with zero attached hydrogens (tertiary/aromatic N) is 2. The second-order valence-electron chi connectivity index (χ2n) is 3.84. The van der Waals surface area contributed by atoms with Crippen LogP contribution in [0.25, 0.3) is 0 Å². The maximum absolute atomic E-state index is 13.7. The number of pyridine rings is 1. The van der Waals surface area contributed by atoms with Crippen molar-refractivity contribution in [3.63, 3.8) is 0 Å². The van der Waals surface area contributed by atoms with Gasteiger partial charge < -0.3 is 15.5 Å². The molecular formula is C12H18F2N4O. The molecule has 0 aliphatic heterocycles. The lowest BCUT2D eigenvalue weighted by atomic mass is 10.3. The number of hydrogen-bond donors (Lipinski definition) is 2. The van der Waals surface area contributed by atoms with E-state index in [1.165, 1.54) is 11.9 Å². The van der Waals surface area contributed by atoms with Crippen LogP contribution in [0.4, 0.5) is 20.4 Å². The SMILES string of the molecule is CCNC(=O)CN(CC)c1nc(NC)c(F)cc1F. The van der Waals surface area contributed by atoms with Crippen molar-refractivity contribution in [2.24, 2.45) is 0 Å². The van der Waals surface area contributed by atoms with E-state index in [1.807, 2.05) is 0 Å². The Morgan fingerprint density at radius 3 is 2.58 bits per heavy atom. The monoisotopic (exact) mass is 272 g/mol. The van der Waals surface area contributed by atoms with Crippen LogP contribution in [-0.4, -0.2) is 37.6 Å². The van der Waals surface area contributed by atoms with Crippen molar-refractivity contribution in [2.75, 3.05) is 36.9 Å². The third kappa shape index (κ3) is 3.77. The molecule has 0 aliphatic carbocycles. The fraction of sp³-hybridized carbons (Fsp3) is 0.500. The molecule has 0 fully saturated rings. The molecule has 19 heavy (non-hydrogen) atoms. The molecule has 0 radical (unpaired) electrons. The number of nitrogens with one attached hydrogen (secondary N) is 2. The zero-order valence-corrected chi connectivity index (χ0v) is 11.3. The highest BCUT2D eigenvalue weighted by Gasteiger charge is 2.18. The minimum Gasteiger partial charge on any atom is -0.371 e. The summed E-state index contributed by atoms with van der Waals surface area (Å²) in [5.41, 5.74) is 0. The zero-order valence-electron chi connectivity index (χ0n) is 11.3. The average Bonchev–Trinajstić information content (AvgIpc) is 2.37. The van der Waals surface area contributed by atoms with Crippen molar-refractivity contribution in [3.8, 4) is 0 Å². The number of amides is 1. The van der Waals surface area contributed by atoms with Gasteiger partial charge in [0.15, 0.2) is 23.3 Å². The molecule has 0 aromatic carbocycles. The van der Waals surface area contributed by atoms with Crippen molar-refractivity contribution in [2.45, 2.75) is 13.8 Å². The van der Waals surface area contributed by atoms with Crippen LogP contribution in [0.15, 0.2) is 6.07 Å². The number of carbonyl (C=O) groups is 1. The Bertz CT molecular complexity index is 454. The summed E-state index contributed by atoms with van der Waals surface area (Å²) in [7, 11) is 1.49. The number of rotatable bonds is 6. The summed E-state index contributed by atoms with van der Waals surface area (Å²) < 4.78 is 27.1. The van der Waals surface area contributed by atoms with Crippen LogP contribution in [0.3, 0.4) is 0 Å². The fourth-order valence-electron chi connectivity index (χ4n) is 1.62. The molecule has 0 saturated heterocycles. The van der Waals surface area contributed by atoms with E-state index in [4.69, 9.17) is 0 Å². The van der Waals surface area contributed by atoms with Crippen LogP contribution in [0.1, 0.15) is 13.8 Å². The molecule has 5 nitrogen and oxygen atoms in total. The van der Waals surface area contributed by atoms with Crippen molar-refractivity contribution < 1.29 is 13.6 Å². The van der Waals surface area contributed by atoms with Crippen molar-refractivity contribution >= 4 is 17.5 Å². The highest BCUT2D eigenvalue weighted by Crippen LogP contribution is 2.21. The van der Waals surface area contributed by atoms with Gasteiger partial charge in [-0.3, -0.25) is 4.79 Å². The Morgan fingerprint density at radius 1 is 1.37 bits per heavy atom. The maximum atomic E-state index is 13.7. The van der Waals surface area contributed by atoms with Gasteiger partial charge in [0.05, 0.1) is 6.54 Å². The zero-order chi connectivity index (χ0) is 14.4. The second-order valence-corrected chi connectivity index (χ2v) is 3.84. The van der Waals surface area contributed by atoms with E-state index >= 15 is 0 Å². The first-order valence-electron chi connectivity index (χ1n) is 6.08. The number of anilines is 2. The largest absolute Gasteiger partial charge is 0.371 e. The van der Waals surface area contributed by atoms with Gasteiger partial charge in [-0.25, -0.2) is 13.8 Å². The molecule has 1 aromatic rings. The van der Waals surface area contributed by atoms with E-state index in [1.54, 1.807) is 13.8 Å². The highest BCUT2D eigenvalue weighted by atomic mass is 19.1. The van der Waals surface area contributed by atoms with Crippen LogP contribution in [-0.2, 0) is 4.79 Å². The molecule has 1 aromatic heterocycles. The number of carbonyl (C=O) groups excluding carboxylic acids is 1. The van der Waals surface area contributed by atoms with E-state index in [2.05, 4.69) is 15.6 Å². The van der Waals surface area contributed by atoms with Crippen molar-refractivity contribution in [1.82, 2.24) is 10.3 Å². The van der Waals surface area contributed by atoms with Gasteiger partial charge in [0, 0.05) is 26.2 Å². The van der Waals surface area contributed by atoms with Crippen molar-refractivity contribution in [3.05, 3.63) is 17.7 Å². The Hall–Kier alpha value is -1.92. The Morgan fingerprint density at radius 2 is 2.05 bits per heavy atom. The normalized spacial score (nSPS) is 10.2. The van der Waals surface area contributed by atoms with Gasteiger partial charge in [-0.1, -0.05) is 0 Å². The Labute approximate surface area is 111 Å². The molecule has 0 unspecified atom stereocenters. The summed E-state index contributed by atoms with van der Waals surface area (Å²) in [6.07, 6.45) is 0. The first kappa shape index (κ1) is 15.1. The molecular weight excluding hydrogens is 254 g/mol. The standard InChI is InChI=1S/C12H18F2N4O/c1-4-16-10(19)7-18(5-2)12-9(14)6-8(13)11(15-3)17-12/h6H,4-5,7H2,1-3H3,(H,15,17)(H,16,19). The van der Waals surface area contributed by atoms with Gasteiger partial charge in [-0.05, 0) is 13.8 Å². The molecule has 0 atom stereocenters. The van der Waals surface area contributed by atoms with Gasteiger partial charge in [0.25, 0.3) is 0 Å². The van der Waals surface area contributed by atoms with E-state index < -0.39 is 11.6 Å². The third-order valence-corrected chi connectivity index (χ3v) is 2.54. The van der Waals surface area contributed by atoms with E-state index in [9.17, 15) is 13.6 Å². The molecule has 0 spiro atoms. The topological polar surface area (TPSA) is 57.3 Å². The first-order valence-corrected chi connectivity index (χ1v) is 6.08. The summed E-state index contributed by atoms with van der Waals surface area (Å²) in [4.78, 5) is 16.8. The Kier molecular flexibility index (Phi) is 5.47. The molecule has 1 rings (SSSR count). The van der Waals surface area contributed by atoms with Crippen LogP contribution < -0.4 is 15.5 Å². The molecule has 1 heterocycles. The molecule has 0 aliphatic rings. The van der Waals surface area contributed by atoms with E-state index in [0.29, 0.717) is 13.1 Å². The van der Waals surface area contributed by atoms with Crippen LogP contribution >= 0.6 is 0 Å². The minimum absolute atomic E-state index is 0.0248. The summed E-state index contributed by atoms with van der Waals surface area (Å²) in [6, 6.07) is 0.758. The van der Waals surface area contributed by atoms with Gasteiger partial charge in [-0.2, -0.15) is 0 Å². The van der Waals surface area contributed by atoms with Crippen LogP contribution in [0, 0.1) is 11.6 Å². The van der Waals surface area contributed by atoms with Gasteiger partial charge in [-0.15, -0.1) is 0 Å². The first-order chi connectivity index (χ1) is 9.03. The summed E-state index contributed by atoms with van der Waals surface area (Å²) in [5, 5.41) is 5.16. The van der Waals surface area contributed by atoms with Crippen LogP contribution in [0.5, 0.6) is 0 Å². The number of hydrogen-bond acceptors (Lipinski definition) is 4. The van der Waals surface area contributed by atoms with Gasteiger partial charge >= 0.3 is 0 Å². The van der Waals surface area contributed by atoms with Gasteiger partial charge in [0.1, 0.15) is 0 Å². The quantitative estimate of drug-likeness (QED) is 0.821. The Balaban J connectivity index is 3.00. The number of aromatic nitrogens is 1. The summed E-state index contributed by atoms with van der Waals surface area (Å²) in [6.45, 7) is 4.42. The second kappa shape index (κ2) is 6.86. The molecule has 0 bridgehead atoms. The number of halogens is 2. The lowest BCUT2D eigenvalue weighted by molar-refractivity contribution is -0.119. The molecule has 106 valence electrons. The van der Waals surface area contributed by atoms with Crippen molar-refractivity contribution in [1.29, 1.82) is 0 Å². The minimum atomic E-state index is -0.789. The lowest BCUT2D eigenvalue weighted by Crippen LogP contribution is -2.38. The highest BCUT2D eigenvalue weighted by molar-refractivity contribution is 5.81. The molecule has 7 heteroatoms.